The Bertz CT molecular complexity index is 1220. The fraction of sp³-hybridized carbons (Fsp3) is 0.250. The smallest absolute Gasteiger partial charge is 0.279 e. The normalized spacial score (nSPS) is 12.8. The van der Waals surface area contributed by atoms with Crippen LogP contribution in [0.5, 0.6) is 11.5 Å². The van der Waals surface area contributed by atoms with Crippen LogP contribution >= 0.6 is 20.7 Å². The molecule has 4 rings (SSSR count). The van der Waals surface area contributed by atoms with Crippen molar-refractivity contribution in [3.63, 3.8) is 0 Å². The first-order valence-corrected chi connectivity index (χ1v) is 13.8. The Morgan fingerprint density at radius 2 is 1.54 bits per heavy atom. The Balaban J connectivity index is 1.68. The van der Waals surface area contributed by atoms with Crippen LogP contribution in [0.4, 0.5) is 0 Å². The molecule has 0 aromatic heterocycles. The number of carbonyl (C=O) groups is 1. The van der Waals surface area contributed by atoms with Crippen molar-refractivity contribution in [2.75, 3.05) is 6.54 Å². The van der Waals surface area contributed by atoms with Gasteiger partial charge in [-0.15, -0.1) is 0 Å². The fourth-order valence-corrected chi connectivity index (χ4v) is 5.52. The van der Waals surface area contributed by atoms with E-state index < -0.39 is 20.7 Å². The quantitative estimate of drug-likeness (QED) is 0.302. The van der Waals surface area contributed by atoms with Crippen LogP contribution in [0.15, 0.2) is 78.0 Å². The highest BCUT2D eigenvalue weighted by molar-refractivity contribution is 14.2. The summed E-state index contributed by atoms with van der Waals surface area (Å²) in [4.78, 5) is 18.0. The first-order valence-electron chi connectivity index (χ1n) is 11.6. The van der Waals surface area contributed by atoms with E-state index in [0.717, 1.165) is 28.0 Å². The van der Waals surface area contributed by atoms with E-state index in [2.05, 4.69) is 30.4 Å². The maximum atomic E-state index is 12.3. The number of hydrogen-bond donors (Lipinski definition) is 1. The number of oxime groups is 1. The van der Waals surface area contributed by atoms with E-state index in [1.165, 1.54) is 0 Å². The summed E-state index contributed by atoms with van der Waals surface area (Å²) >= 11 is -0.880. The highest BCUT2D eigenvalue weighted by Crippen LogP contribution is 2.37. The molecule has 0 spiro atoms. The lowest BCUT2D eigenvalue weighted by Crippen LogP contribution is -2.27. The third kappa shape index (κ3) is 6.48. The van der Waals surface area contributed by atoms with Crippen molar-refractivity contribution < 1.29 is 19.1 Å². The van der Waals surface area contributed by atoms with E-state index in [9.17, 15) is 4.79 Å². The van der Waals surface area contributed by atoms with Gasteiger partial charge in [0.25, 0.3) is 5.91 Å². The van der Waals surface area contributed by atoms with E-state index in [1.807, 2.05) is 73.7 Å². The summed E-state index contributed by atoms with van der Waals surface area (Å²) in [5, 5.41) is 6.88. The van der Waals surface area contributed by atoms with Gasteiger partial charge >= 0.3 is 0 Å². The van der Waals surface area contributed by atoms with Crippen molar-refractivity contribution >= 4 is 34.1 Å². The van der Waals surface area contributed by atoms with Crippen LogP contribution in [0, 0.1) is 0 Å². The maximum absolute atomic E-state index is 12.3. The Morgan fingerprint density at radius 3 is 2.11 bits per heavy atom. The molecule has 0 unspecified atom stereocenters. The number of ether oxygens (including phenoxy) is 2. The number of nitrogens with one attached hydrogen (secondary N) is 1. The molecule has 0 atom stereocenters. The number of carbonyl (C=O) groups excluding carboxylic acids is 1. The van der Waals surface area contributed by atoms with Gasteiger partial charge in [-0.3, -0.25) is 4.79 Å². The number of amides is 1. The van der Waals surface area contributed by atoms with Crippen LogP contribution in [-0.2, 0) is 22.8 Å². The summed E-state index contributed by atoms with van der Waals surface area (Å²) in [6.07, 6.45) is 0. The second kappa shape index (κ2) is 12.0. The summed E-state index contributed by atoms with van der Waals surface area (Å²) in [5.74, 6) is 1.47. The molecule has 1 amide bonds. The van der Waals surface area contributed by atoms with Gasteiger partial charge in [0.15, 0.2) is 0 Å². The number of benzene rings is 3. The standard InChI is InChI=1S/C28H29IN2O4/c1-4-30-28(32)26-29-27(35-31-26)23-15-22(19(2)3)24(33-17-20-11-7-5-8-12-20)16-25(23)34-18-21-13-9-6-10-14-21/h5-16,19H,4,17-18H2,1-3H3,(H,30,32). The summed E-state index contributed by atoms with van der Waals surface area (Å²) in [6, 6.07) is 24.1. The molecule has 0 saturated heterocycles. The fourth-order valence-electron chi connectivity index (χ4n) is 3.51. The number of hydrogen-bond acceptors (Lipinski definition) is 5. The van der Waals surface area contributed by atoms with Gasteiger partial charge in [-0.1, -0.05) is 79.7 Å². The lowest BCUT2D eigenvalue weighted by atomic mass is 9.99. The highest BCUT2D eigenvalue weighted by Gasteiger charge is 2.25. The van der Waals surface area contributed by atoms with E-state index in [0.29, 0.717) is 32.9 Å². The number of halogens is 1. The molecule has 1 aliphatic rings. The van der Waals surface area contributed by atoms with Gasteiger partial charge in [-0.2, -0.15) is 0 Å². The monoisotopic (exact) mass is 584 g/mol. The van der Waals surface area contributed by atoms with Crippen LogP contribution in [0.1, 0.15) is 48.9 Å². The van der Waals surface area contributed by atoms with Crippen LogP contribution in [0.2, 0.25) is 0 Å². The van der Waals surface area contributed by atoms with Crippen molar-refractivity contribution in [3.8, 4) is 11.5 Å². The molecular weight excluding hydrogens is 555 g/mol. The van der Waals surface area contributed by atoms with E-state index >= 15 is 0 Å². The van der Waals surface area contributed by atoms with E-state index in [1.54, 1.807) is 0 Å². The SMILES string of the molecule is CCNC(=O)C1=NOC(c2cc(C(C)C)c(OCc3ccccc3)cc2OCc2ccccc2)=I1. The molecule has 35 heavy (non-hydrogen) atoms. The second-order valence-electron chi connectivity index (χ2n) is 8.29. The molecular formula is C28H29IN2O4. The van der Waals surface area contributed by atoms with Crippen molar-refractivity contribution in [2.45, 2.75) is 39.9 Å². The molecule has 0 bridgehead atoms. The van der Waals surface area contributed by atoms with Gasteiger partial charge in [-0.05, 0) is 56.3 Å². The van der Waals surface area contributed by atoms with Crippen LogP contribution in [-0.4, -0.2) is 19.9 Å². The molecule has 3 aromatic rings. The van der Waals surface area contributed by atoms with Gasteiger partial charge in [-0.25, -0.2) is 0 Å². The van der Waals surface area contributed by atoms with Crippen LogP contribution < -0.4 is 14.8 Å². The van der Waals surface area contributed by atoms with E-state index in [-0.39, 0.29) is 11.8 Å². The van der Waals surface area contributed by atoms with Crippen molar-refractivity contribution in [1.29, 1.82) is 0 Å². The third-order valence-electron chi connectivity index (χ3n) is 5.33. The Morgan fingerprint density at radius 1 is 0.943 bits per heavy atom. The summed E-state index contributed by atoms with van der Waals surface area (Å²) in [5.41, 5.74) is 4.03. The largest absolute Gasteiger partial charge is 0.488 e. The maximum Gasteiger partial charge on any atom is 0.279 e. The highest BCUT2D eigenvalue weighted by atomic mass is 127. The lowest BCUT2D eigenvalue weighted by molar-refractivity contribution is -0.114. The van der Waals surface area contributed by atoms with Gasteiger partial charge in [0.2, 0.25) is 7.41 Å². The molecule has 0 radical (unpaired) electrons. The molecule has 7 heteroatoms. The number of rotatable bonds is 10. The average Bonchev–Trinajstić information content (AvgIpc) is 3.37. The molecule has 6 nitrogen and oxygen atoms in total. The zero-order valence-corrected chi connectivity index (χ0v) is 22.2. The third-order valence-corrected chi connectivity index (χ3v) is 7.79. The number of nitrogens with zero attached hydrogens (tertiary/aromatic N) is 1. The lowest BCUT2D eigenvalue weighted by Gasteiger charge is -2.19. The van der Waals surface area contributed by atoms with Gasteiger partial charge in [0.05, 0.1) is 5.56 Å². The van der Waals surface area contributed by atoms with Gasteiger partial charge in [0, 0.05) is 12.6 Å². The molecule has 0 fully saturated rings. The van der Waals surface area contributed by atoms with Crippen molar-refractivity contribution in [3.05, 3.63) is 95.1 Å². The minimum Gasteiger partial charge on any atom is -0.488 e. The molecule has 182 valence electrons. The summed E-state index contributed by atoms with van der Waals surface area (Å²) in [7, 11) is 0. The Kier molecular flexibility index (Phi) is 8.52. The first kappa shape index (κ1) is 24.9. The molecule has 3 aromatic carbocycles. The second-order valence-corrected chi connectivity index (χ2v) is 10.8. The summed E-state index contributed by atoms with van der Waals surface area (Å²) < 4.78 is 13.7. The first-order chi connectivity index (χ1) is 17.0. The molecule has 1 aliphatic heterocycles. The summed E-state index contributed by atoms with van der Waals surface area (Å²) in [6.45, 7) is 7.56. The Labute approximate surface area is 216 Å². The van der Waals surface area contributed by atoms with Crippen LogP contribution in [0.3, 0.4) is 0 Å². The topological polar surface area (TPSA) is 69.2 Å². The average molecular weight is 584 g/mol. The van der Waals surface area contributed by atoms with Crippen molar-refractivity contribution in [1.82, 2.24) is 5.32 Å². The molecule has 1 N–H and O–H groups in total. The minimum atomic E-state index is -0.880. The van der Waals surface area contributed by atoms with Gasteiger partial charge in [0.1, 0.15) is 24.7 Å². The van der Waals surface area contributed by atoms with Crippen LogP contribution in [0.25, 0.3) is 0 Å². The molecule has 0 saturated carbocycles. The van der Waals surface area contributed by atoms with E-state index in [4.69, 9.17) is 14.3 Å². The molecule has 0 aliphatic carbocycles. The predicted octanol–water partition coefficient (Wildman–Crippen LogP) is 5.90. The zero-order valence-electron chi connectivity index (χ0n) is 20.1. The minimum absolute atomic E-state index is 0.172. The van der Waals surface area contributed by atoms with Crippen molar-refractivity contribution in [2.24, 2.45) is 5.16 Å². The zero-order chi connectivity index (χ0) is 24.6. The molecule has 1 heterocycles. The predicted molar refractivity (Wildman–Crippen MR) is 147 cm³/mol. The Hall–Kier alpha value is -3.20. The van der Waals surface area contributed by atoms with Gasteiger partial charge < -0.3 is 19.6 Å².